The van der Waals surface area contributed by atoms with Crippen LogP contribution in [0.4, 0.5) is 0 Å². The van der Waals surface area contributed by atoms with Gasteiger partial charge in [0.2, 0.25) is 0 Å². The first-order valence-corrected chi connectivity index (χ1v) is 8.75. The number of esters is 1. The molecular weight excluding hydrogens is 340 g/mol. The standard InChI is InChI=1S/C17H20N4O3S/c1-11-4-3-5-12(6-11)9-21-10-13(7-15(21)17(23)24-2)19-16(22)14-8-18-25-20-14/h3-6,8,13,15H,7,9-10H2,1-2H3,(H,19,22)/t13-,15+/m1/s1. The van der Waals surface area contributed by atoms with E-state index in [9.17, 15) is 9.59 Å². The first-order valence-electron chi connectivity index (χ1n) is 8.02. The largest absolute Gasteiger partial charge is 0.468 e. The number of hydrogen-bond donors (Lipinski definition) is 1. The average molecular weight is 360 g/mol. The van der Waals surface area contributed by atoms with Crippen molar-refractivity contribution in [3.05, 3.63) is 47.3 Å². The zero-order valence-electron chi connectivity index (χ0n) is 14.1. The number of amides is 1. The van der Waals surface area contributed by atoms with E-state index in [1.54, 1.807) is 0 Å². The number of benzene rings is 1. The number of hydrogen-bond acceptors (Lipinski definition) is 7. The molecule has 0 aliphatic carbocycles. The number of nitrogens with one attached hydrogen (secondary N) is 1. The van der Waals surface area contributed by atoms with Crippen LogP contribution in [-0.2, 0) is 16.1 Å². The van der Waals surface area contributed by atoms with Crippen LogP contribution in [0, 0.1) is 6.92 Å². The maximum absolute atomic E-state index is 12.2. The Labute approximate surface area is 150 Å². The van der Waals surface area contributed by atoms with Crippen LogP contribution < -0.4 is 5.32 Å². The average Bonchev–Trinajstić information content (AvgIpc) is 3.24. The van der Waals surface area contributed by atoms with Gasteiger partial charge in [-0.25, -0.2) is 0 Å². The second-order valence-corrected chi connectivity index (χ2v) is 6.71. The van der Waals surface area contributed by atoms with Gasteiger partial charge in [0, 0.05) is 19.1 Å². The lowest BCUT2D eigenvalue weighted by atomic mass is 10.1. The van der Waals surface area contributed by atoms with Gasteiger partial charge in [-0.15, -0.1) is 0 Å². The highest BCUT2D eigenvalue weighted by Crippen LogP contribution is 2.22. The predicted octanol–water partition coefficient (Wildman–Crippen LogP) is 1.39. The van der Waals surface area contributed by atoms with E-state index in [0.29, 0.717) is 25.2 Å². The molecule has 25 heavy (non-hydrogen) atoms. The molecule has 3 rings (SSSR count). The summed E-state index contributed by atoms with van der Waals surface area (Å²) in [6.45, 7) is 3.25. The summed E-state index contributed by atoms with van der Waals surface area (Å²) < 4.78 is 12.7. The Kier molecular flexibility index (Phi) is 5.40. The first-order chi connectivity index (χ1) is 12.1. The van der Waals surface area contributed by atoms with Crippen molar-refractivity contribution in [2.24, 2.45) is 0 Å². The fraction of sp³-hybridized carbons (Fsp3) is 0.412. The molecule has 0 saturated carbocycles. The molecule has 2 atom stereocenters. The van der Waals surface area contributed by atoms with Crippen molar-refractivity contribution in [1.29, 1.82) is 0 Å². The minimum absolute atomic E-state index is 0.136. The van der Waals surface area contributed by atoms with Gasteiger partial charge in [-0.05, 0) is 18.9 Å². The Hall–Kier alpha value is -2.32. The summed E-state index contributed by atoms with van der Waals surface area (Å²) in [6, 6.07) is 7.67. The van der Waals surface area contributed by atoms with Crippen LogP contribution >= 0.6 is 11.7 Å². The van der Waals surface area contributed by atoms with Crippen molar-refractivity contribution < 1.29 is 14.3 Å². The highest BCUT2D eigenvalue weighted by atomic mass is 32.1. The molecule has 7 nitrogen and oxygen atoms in total. The third-order valence-corrected chi connectivity index (χ3v) is 4.75. The third-order valence-electron chi connectivity index (χ3n) is 4.27. The molecule has 1 aliphatic rings. The number of aromatic nitrogens is 2. The Morgan fingerprint density at radius 1 is 1.44 bits per heavy atom. The molecule has 1 amide bonds. The molecule has 1 aromatic carbocycles. The van der Waals surface area contributed by atoms with Gasteiger partial charge in [0.1, 0.15) is 6.04 Å². The highest BCUT2D eigenvalue weighted by Gasteiger charge is 2.38. The zero-order chi connectivity index (χ0) is 17.8. The SMILES string of the molecule is COC(=O)[C@@H]1C[C@@H](NC(=O)c2cnsn2)CN1Cc1cccc(C)c1. The lowest BCUT2D eigenvalue weighted by molar-refractivity contribution is -0.146. The second-order valence-electron chi connectivity index (χ2n) is 6.16. The van der Waals surface area contributed by atoms with Crippen molar-refractivity contribution in [2.45, 2.75) is 32.0 Å². The molecular formula is C17H20N4O3S. The van der Waals surface area contributed by atoms with Gasteiger partial charge in [0.25, 0.3) is 5.91 Å². The van der Waals surface area contributed by atoms with Crippen LogP contribution in [0.5, 0.6) is 0 Å². The summed E-state index contributed by atoms with van der Waals surface area (Å²) >= 11 is 0.993. The second kappa shape index (κ2) is 7.71. The molecule has 2 aromatic rings. The Bertz CT molecular complexity index is 750. The van der Waals surface area contributed by atoms with Crippen molar-refractivity contribution in [1.82, 2.24) is 19.0 Å². The van der Waals surface area contributed by atoms with E-state index in [1.807, 2.05) is 30.0 Å². The molecule has 1 saturated heterocycles. The topological polar surface area (TPSA) is 84.4 Å². The van der Waals surface area contributed by atoms with E-state index < -0.39 is 0 Å². The fourth-order valence-electron chi connectivity index (χ4n) is 3.13. The minimum Gasteiger partial charge on any atom is -0.468 e. The molecule has 1 N–H and O–H groups in total. The summed E-state index contributed by atoms with van der Waals surface area (Å²) in [7, 11) is 1.39. The third kappa shape index (κ3) is 4.21. The molecule has 0 radical (unpaired) electrons. The minimum atomic E-state index is -0.371. The van der Waals surface area contributed by atoms with E-state index in [-0.39, 0.29) is 24.0 Å². The number of ether oxygens (including phenoxy) is 1. The number of aryl methyl sites for hydroxylation is 1. The number of methoxy groups -OCH3 is 1. The predicted molar refractivity (Wildman–Crippen MR) is 93.2 cm³/mol. The molecule has 2 heterocycles. The van der Waals surface area contributed by atoms with Crippen LogP contribution in [0.25, 0.3) is 0 Å². The van der Waals surface area contributed by atoms with Crippen molar-refractivity contribution in [2.75, 3.05) is 13.7 Å². The number of nitrogens with zero attached hydrogens (tertiary/aromatic N) is 3. The van der Waals surface area contributed by atoms with Gasteiger partial charge < -0.3 is 10.1 Å². The Morgan fingerprint density at radius 3 is 2.96 bits per heavy atom. The Morgan fingerprint density at radius 2 is 2.28 bits per heavy atom. The number of carbonyl (C=O) groups is 2. The molecule has 0 unspecified atom stereocenters. The van der Waals surface area contributed by atoms with Crippen molar-refractivity contribution >= 4 is 23.6 Å². The van der Waals surface area contributed by atoms with Gasteiger partial charge in [-0.3, -0.25) is 14.5 Å². The van der Waals surface area contributed by atoms with E-state index in [4.69, 9.17) is 4.74 Å². The molecule has 1 fully saturated rings. The summed E-state index contributed by atoms with van der Waals surface area (Å²) in [4.78, 5) is 26.4. The molecule has 0 spiro atoms. The Balaban J connectivity index is 1.70. The number of carbonyl (C=O) groups excluding carboxylic acids is 2. The molecule has 1 aromatic heterocycles. The first kappa shape index (κ1) is 17.5. The van der Waals surface area contributed by atoms with Gasteiger partial charge in [0.05, 0.1) is 25.0 Å². The summed E-state index contributed by atoms with van der Waals surface area (Å²) in [5.74, 6) is -0.542. The maximum Gasteiger partial charge on any atom is 0.323 e. The lowest BCUT2D eigenvalue weighted by Crippen LogP contribution is -2.37. The number of likely N-dealkylation sites (tertiary alicyclic amines) is 1. The van der Waals surface area contributed by atoms with Gasteiger partial charge in [-0.2, -0.15) is 8.75 Å². The summed E-state index contributed by atoms with van der Waals surface area (Å²) in [5, 5.41) is 2.93. The van der Waals surface area contributed by atoms with Gasteiger partial charge >= 0.3 is 5.97 Å². The van der Waals surface area contributed by atoms with Crippen LogP contribution in [0.1, 0.15) is 28.0 Å². The monoisotopic (exact) mass is 360 g/mol. The smallest absolute Gasteiger partial charge is 0.323 e. The van der Waals surface area contributed by atoms with Crippen LogP contribution in [0.2, 0.25) is 0 Å². The number of rotatable bonds is 5. The van der Waals surface area contributed by atoms with E-state index in [0.717, 1.165) is 17.3 Å². The van der Waals surface area contributed by atoms with Gasteiger partial charge in [0.15, 0.2) is 5.69 Å². The summed E-state index contributed by atoms with van der Waals surface area (Å²) in [5.41, 5.74) is 2.61. The van der Waals surface area contributed by atoms with Crippen LogP contribution in [0.15, 0.2) is 30.5 Å². The van der Waals surface area contributed by atoms with Crippen LogP contribution in [-0.4, -0.2) is 51.3 Å². The normalized spacial score (nSPS) is 20.4. The highest BCUT2D eigenvalue weighted by molar-refractivity contribution is 6.99. The molecule has 1 aliphatic heterocycles. The van der Waals surface area contributed by atoms with E-state index in [1.165, 1.54) is 18.9 Å². The van der Waals surface area contributed by atoms with Crippen LogP contribution in [0.3, 0.4) is 0 Å². The van der Waals surface area contributed by atoms with Crippen molar-refractivity contribution in [3.8, 4) is 0 Å². The van der Waals surface area contributed by atoms with Gasteiger partial charge in [-0.1, -0.05) is 29.8 Å². The fourth-order valence-corrected chi connectivity index (χ4v) is 3.55. The zero-order valence-corrected chi connectivity index (χ0v) is 15.0. The van der Waals surface area contributed by atoms with E-state index in [2.05, 4.69) is 20.1 Å². The maximum atomic E-state index is 12.2. The molecule has 132 valence electrons. The molecule has 8 heteroatoms. The van der Waals surface area contributed by atoms with E-state index >= 15 is 0 Å². The summed E-state index contributed by atoms with van der Waals surface area (Å²) in [6.07, 6.45) is 1.96. The molecule has 0 bridgehead atoms. The van der Waals surface area contributed by atoms with Crippen molar-refractivity contribution in [3.63, 3.8) is 0 Å². The quantitative estimate of drug-likeness (QED) is 0.811. The lowest BCUT2D eigenvalue weighted by Gasteiger charge is -2.22.